The van der Waals surface area contributed by atoms with E-state index in [1.165, 1.54) is 0 Å². The molecule has 0 saturated heterocycles. The fourth-order valence-electron chi connectivity index (χ4n) is 2.86. The molecule has 0 heterocycles. The smallest absolute Gasteiger partial charge is 0.321 e. The molecule has 0 amide bonds. The molecule has 3 rings (SSSR count). The van der Waals surface area contributed by atoms with E-state index in [0.29, 0.717) is 12.2 Å². The number of hydrogen-bond donors (Lipinski definition) is 1. The molecule has 0 aliphatic carbocycles. The highest BCUT2D eigenvalue weighted by Gasteiger charge is 2.20. The van der Waals surface area contributed by atoms with Gasteiger partial charge in [-0.1, -0.05) is 48.5 Å². The Kier molecular flexibility index (Phi) is 5.00. The highest BCUT2D eigenvalue weighted by Crippen LogP contribution is 2.30. The van der Waals surface area contributed by atoms with Crippen molar-refractivity contribution in [3.05, 3.63) is 72.3 Å². The molecule has 0 aliphatic rings. The van der Waals surface area contributed by atoms with Gasteiger partial charge in [-0.15, -0.1) is 0 Å². The van der Waals surface area contributed by atoms with Gasteiger partial charge in [-0.3, -0.25) is 9.69 Å². The minimum Gasteiger partial charge on any atom is -0.480 e. The Labute approximate surface area is 147 Å². The number of rotatable bonds is 6. The molecule has 3 aromatic rings. The van der Waals surface area contributed by atoms with Crippen molar-refractivity contribution in [2.45, 2.75) is 12.5 Å². The molecule has 1 N–H and O–H groups in total. The number of ether oxygens (including phenoxy) is 1. The van der Waals surface area contributed by atoms with Crippen LogP contribution in [0, 0.1) is 0 Å². The highest BCUT2D eigenvalue weighted by atomic mass is 16.5. The molecule has 0 bridgehead atoms. The van der Waals surface area contributed by atoms with Crippen LogP contribution in [0.3, 0.4) is 0 Å². The molecule has 0 aromatic heterocycles. The van der Waals surface area contributed by atoms with Crippen LogP contribution in [-0.4, -0.2) is 36.1 Å². The van der Waals surface area contributed by atoms with Gasteiger partial charge in [0.2, 0.25) is 0 Å². The molecule has 4 nitrogen and oxygen atoms in total. The predicted octanol–water partition coefficient (Wildman–Crippen LogP) is 4.19. The summed E-state index contributed by atoms with van der Waals surface area (Å²) in [6.07, 6.45) is 0.426. The number of benzene rings is 3. The van der Waals surface area contributed by atoms with Crippen LogP contribution in [0.5, 0.6) is 11.5 Å². The first kappa shape index (κ1) is 17.0. The summed E-state index contributed by atoms with van der Waals surface area (Å²) in [6.45, 7) is 0. The van der Waals surface area contributed by atoms with Crippen LogP contribution in [0.2, 0.25) is 0 Å². The molecular formula is C21H21NO3. The third-order valence-corrected chi connectivity index (χ3v) is 4.21. The second kappa shape index (κ2) is 7.36. The molecule has 25 heavy (non-hydrogen) atoms. The number of carboxylic acids is 1. The summed E-state index contributed by atoms with van der Waals surface area (Å²) in [5.41, 5.74) is 0.929. The third kappa shape index (κ3) is 3.98. The predicted molar refractivity (Wildman–Crippen MR) is 99.3 cm³/mol. The van der Waals surface area contributed by atoms with Gasteiger partial charge in [0.1, 0.15) is 17.5 Å². The fourth-order valence-corrected chi connectivity index (χ4v) is 2.86. The molecule has 3 aromatic carbocycles. The molecule has 0 fully saturated rings. The quantitative estimate of drug-likeness (QED) is 0.734. The van der Waals surface area contributed by atoms with Gasteiger partial charge in [0.15, 0.2) is 0 Å². The van der Waals surface area contributed by atoms with Crippen LogP contribution in [0.25, 0.3) is 10.8 Å². The summed E-state index contributed by atoms with van der Waals surface area (Å²) in [5, 5.41) is 11.5. The maximum atomic E-state index is 11.4. The monoisotopic (exact) mass is 335 g/mol. The molecule has 0 spiro atoms. The summed E-state index contributed by atoms with van der Waals surface area (Å²) in [4.78, 5) is 13.1. The molecular weight excluding hydrogens is 314 g/mol. The normalized spacial score (nSPS) is 12.3. The van der Waals surface area contributed by atoms with Crippen LogP contribution in [-0.2, 0) is 11.2 Å². The Balaban J connectivity index is 1.85. The number of nitrogens with zero attached hydrogens (tertiary/aromatic N) is 1. The van der Waals surface area contributed by atoms with Crippen LogP contribution >= 0.6 is 0 Å². The lowest BCUT2D eigenvalue weighted by Crippen LogP contribution is -2.37. The minimum absolute atomic E-state index is 0.426. The van der Waals surface area contributed by atoms with E-state index in [1.807, 2.05) is 66.7 Å². The van der Waals surface area contributed by atoms with Crippen LogP contribution in [0.15, 0.2) is 66.7 Å². The van der Waals surface area contributed by atoms with Gasteiger partial charge < -0.3 is 9.84 Å². The molecule has 128 valence electrons. The van der Waals surface area contributed by atoms with E-state index < -0.39 is 12.0 Å². The van der Waals surface area contributed by atoms with E-state index in [9.17, 15) is 9.90 Å². The second-order valence-corrected chi connectivity index (χ2v) is 6.25. The summed E-state index contributed by atoms with van der Waals surface area (Å²) in [5.74, 6) is 0.666. The molecule has 0 aliphatic heterocycles. The van der Waals surface area contributed by atoms with Crippen molar-refractivity contribution in [1.29, 1.82) is 0 Å². The van der Waals surface area contributed by atoms with Crippen LogP contribution in [0.4, 0.5) is 0 Å². The lowest BCUT2D eigenvalue weighted by molar-refractivity contribution is -0.142. The number of hydrogen-bond acceptors (Lipinski definition) is 3. The standard InChI is InChI=1S/C21H21NO3/c1-22(2)19(21(23)24)14-15-7-5-10-17(13-15)25-20-12-6-9-16-8-3-4-11-18(16)20/h3-13,19H,14H2,1-2H3,(H,23,24)/t19-/m0/s1. The fraction of sp³-hybridized carbons (Fsp3) is 0.190. The Morgan fingerprint density at radius 1 is 1.04 bits per heavy atom. The van der Waals surface area contributed by atoms with Gasteiger partial charge in [0.05, 0.1) is 0 Å². The average molecular weight is 335 g/mol. The summed E-state index contributed by atoms with van der Waals surface area (Å²) in [7, 11) is 3.55. The maximum Gasteiger partial charge on any atom is 0.321 e. The van der Waals surface area contributed by atoms with E-state index in [-0.39, 0.29) is 0 Å². The Hall–Kier alpha value is -2.85. The highest BCUT2D eigenvalue weighted by molar-refractivity contribution is 5.88. The molecule has 0 radical (unpaired) electrons. The molecule has 4 heteroatoms. The van der Waals surface area contributed by atoms with Crippen molar-refractivity contribution < 1.29 is 14.6 Å². The van der Waals surface area contributed by atoms with Crippen molar-refractivity contribution in [2.75, 3.05) is 14.1 Å². The van der Waals surface area contributed by atoms with Gasteiger partial charge in [-0.05, 0) is 49.7 Å². The molecule has 0 unspecified atom stereocenters. The van der Waals surface area contributed by atoms with E-state index in [1.54, 1.807) is 19.0 Å². The lowest BCUT2D eigenvalue weighted by atomic mass is 10.0. The largest absolute Gasteiger partial charge is 0.480 e. The van der Waals surface area contributed by atoms with Gasteiger partial charge in [0.25, 0.3) is 0 Å². The number of carboxylic acid groups (broad SMARTS) is 1. The van der Waals surface area contributed by atoms with Crippen molar-refractivity contribution in [1.82, 2.24) is 4.90 Å². The number of fused-ring (bicyclic) bond motifs is 1. The van der Waals surface area contributed by atoms with E-state index >= 15 is 0 Å². The summed E-state index contributed by atoms with van der Waals surface area (Å²) in [6, 6.07) is 21.1. The van der Waals surface area contributed by atoms with Crippen LogP contribution in [0.1, 0.15) is 5.56 Å². The van der Waals surface area contributed by atoms with Crippen molar-refractivity contribution >= 4 is 16.7 Å². The Bertz CT molecular complexity index is 884. The third-order valence-electron chi connectivity index (χ3n) is 4.21. The first-order valence-corrected chi connectivity index (χ1v) is 8.18. The number of likely N-dealkylation sites (N-methyl/N-ethyl adjacent to an activating group) is 1. The topological polar surface area (TPSA) is 49.8 Å². The van der Waals surface area contributed by atoms with Gasteiger partial charge in [0, 0.05) is 5.39 Å². The lowest BCUT2D eigenvalue weighted by Gasteiger charge is -2.20. The first-order chi connectivity index (χ1) is 12.0. The zero-order valence-corrected chi connectivity index (χ0v) is 14.3. The zero-order chi connectivity index (χ0) is 17.8. The van der Waals surface area contributed by atoms with Crippen molar-refractivity contribution in [3.63, 3.8) is 0 Å². The summed E-state index contributed by atoms with van der Waals surface area (Å²) < 4.78 is 6.07. The second-order valence-electron chi connectivity index (χ2n) is 6.25. The van der Waals surface area contributed by atoms with Crippen LogP contribution < -0.4 is 4.74 Å². The molecule has 0 saturated carbocycles. The van der Waals surface area contributed by atoms with Gasteiger partial charge >= 0.3 is 5.97 Å². The van der Waals surface area contributed by atoms with Gasteiger partial charge in [-0.25, -0.2) is 0 Å². The minimum atomic E-state index is -0.828. The van der Waals surface area contributed by atoms with Gasteiger partial charge in [-0.2, -0.15) is 0 Å². The van der Waals surface area contributed by atoms with Crippen molar-refractivity contribution in [2.24, 2.45) is 0 Å². The summed E-state index contributed by atoms with van der Waals surface area (Å²) >= 11 is 0. The SMILES string of the molecule is CN(C)[C@@H](Cc1cccc(Oc2cccc3ccccc23)c1)C(=O)O. The van der Waals surface area contributed by atoms with E-state index in [2.05, 4.69) is 0 Å². The maximum absolute atomic E-state index is 11.4. The first-order valence-electron chi connectivity index (χ1n) is 8.18. The number of carbonyl (C=O) groups is 1. The Morgan fingerprint density at radius 3 is 2.52 bits per heavy atom. The Morgan fingerprint density at radius 2 is 1.76 bits per heavy atom. The zero-order valence-electron chi connectivity index (χ0n) is 14.3. The average Bonchev–Trinajstić information content (AvgIpc) is 2.60. The number of aliphatic carboxylic acids is 1. The van der Waals surface area contributed by atoms with E-state index in [4.69, 9.17) is 4.74 Å². The van der Waals surface area contributed by atoms with Crippen molar-refractivity contribution in [3.8, 4) is 11.5 Å². The van der Waals surface area contributed by atoms with E-state index in [0.717, 1.165) is 22.1 Å². The molecule has 1 atom stereocenters.